The zero-order valence-corrected chi connectivity index (χ0v) is 8.83. The molecular formula is C14H12N2. The van der Waals surface area contributed by atoms with E-state index in [1.807, 2.05) is 30.4 Å². The Morgan fingerprint density at radius 3 is 2.69 bits per heavy atom. The lowest BCUT2D eigenvalue weighted by Gasteiger charge is -2.03. The Labute approximate surface area is 94.1 Å². The maximum Gasteiger partial charge on any atom is 0.0461 e. The fourth-order valence-corrected chi connectivity index (χ4v) is 2.03. The van der Waals surface area contributed by atoms with Gasteiger partial charge in [-0.15, -0.1) is 0 Å². The Hall–Kier alpha value is -2.09. The number of aromatic amines is 1. The number of hydrogen-bond donors (Lipinski definition) is 2. The van der Waals surface area contributed by atoms with E-state index >= 15 is 0 Å². The van der Waals surface area contributed by atoms with E-state index in [1.54, 1.807) is 0 Å². The fourth-order valence-electron chi connectivity index (χ4n) is 2.03. The minimum Gasteiger partial charge on any atom is -0.355 e. The lowest BCUT2D eigenvalue weighted by molar-refractivity contribution is 1.25. The summed E-state index contributed by atoms with van der Waals surface area (Å²) < 4.78 is 0. The van der Waals surface area contributed by atoms with E-state index in [2.05, 4.69) is 23.2 Å². The topological polar surface area (TPSA) is 39.6 Å². The molecule has 1 aromatic carbocycles. The highest BCUT2D eigenvalue weighted by molar-refractivity contribution is 6.00. The number of allylic oxidation sites excluding steroid dienone is 1. The third kappa shape index (κ3) is 1.48. The molecule has 1 heterocycles. The molecule has 0 fully saturated rings. The van der Waals surface area contributed by atoms with Crippen LogP contribution >= 0.6 is 0 Å². The van der Waals surface area contributed by atoms with Gasteiger partial charge in [0.1, 0.15) is 0 Å². The third-order valence-corrected chi connectivity index (χ3v) is 2.85. The summed E-state index contributed by atoms with van der Waals surface area (Å²) in [5.74, 6) is 0. The van der Waals surface area contributed by atoms with Gasteiger partial charge in [-0.1, -0.05) is 30.3 Å². The van der Waals surface area contributed by atoms with E-state index in [-0.39, 0.29) is 0 Å². The lowest BCUT2D eigenvalue weighted by atomic mass is 10.0. The highest BCUT2D eigenvalue weighted by atomic mass is 14.7. The van der Waals surface area contributed by atoms with Crippen LogP contribution in [0.4, 0.5) is 0 Å². The first-order valence-electron chi connectivity index (χ1n) is 5.36. The first kappa shape index (κ1) is 9.16. The molecule has 0 bridgehead atoms. The fraction of sp³-hybridized carbons (Fsp3) is 0.0714. The Morgan fingerprint density at radius 2 is 1.88 bits per heavy atom. The van der Waals surface area contributed by atoms with Crippen LogP contribution < -0.4 is 0 Å². The Morgan fingerprint density at radius 1 is 1.06 bits per heavy atom. The molecule has 2 N–H and O–H groups in total. The molecule has 0 spiro atoms. The van der Waals surface area contributed by atoms with Crippen LogP contribution in [-0.2, 0) is 6.42 Å². The van der Waals surface area contributed by atoms with E-state index in [0.717, 1.165) is 17.8 Å². The standard InChI is InChI=1S/C14H12N2/c15-12-6-7-13-11(8-12)9-14(16-13)10-4-2-1-3-5-10/h1-7,9,15-16H,8H2. The molecule has 0 unspecified atom stereocenters. The predicted octanol–water partition coefficient (Wildman–Crippen LogP) is 3.27. The van der Waals surface area contributed by atoms with Crippen LogP contribution in [0, 0.1) is 5.41 Å². The molecule has 2 aromatic rings. The SMILES string of the molecule is N=C1C=Cc2[nH]c(-c3ccccc3)cc2C1. The molecule has 2 nitrogen and oxygen atoms in total. The first-order chi connectivity index (χ1) is 7.83. The number of fused-ring (bicyclic) bond motifs is 1. The van der Waals surface area contributed by atoms with Crippen molar-refractivity contribution in [3.8, 4) is 11.3 Å². The van der Waals surface area contributed by atoms with Crippen LogP contribution in [0.15, 0.2) is 42.5 Å². The van der Waals surface area contributed by atoms with Crippen LogP contribution in [0.25, 0.3) is 17.3 Å². The molecule has 1 aliphatic rings. The summed E-state index contributed by atoms with van der Waals surface area (Å²) in [6.45, 7) is 0. The van der Waals surface area contributed by atoms with Crippen molar-refractivity contribution in [2.45, 2.75) is 6.42 Å². The van der Waals surface area contributed by atoms with Gasteiger partial charge in [-0.2, -0.15) is 0 Å². The van der Waals surface area contributed by atoms with E-state index in [9.17, 15) is 0 Å². The number of benzene rings is 1. The molecule has 16 heavy (non-hydrogen) atoms. The molecular weight excluding hydrogens is 196 g/mol. The van der Waals surface area contributed by atoms with Crippen molar-refractivity contribution in [3.63, 3.8) is 0 Å². The number of hydrogen-bond acceptors (Lipinski definition) is 1. The molecule has 1 aliphatic carbocycles. The summed E-state index contributed by atoms with van der Waals surface area (Å²) in [6, 6.07) is 12.4. The summed E-state index contributed by atoms with van der Waals surface area (Å²) in [5.41, 5.74) is 5.34. The van der Waals surface area contributed by atoms with Crippen LogP contribution in [0.3, 0.4) is 0 Å². The normalized spacial score (nSPS) is 13.9. The molecule has 0 aliphatic heterocycles. The average molecular weight is 208 g/mol. The maximum absolute atomic E-state index is 7.63. The summed E-state index contributed by atoms with van der Waals surface area (Å²) in [7, 11) is 0. The third-order valence-electron chi connectivity index (χ3n) is 2.85. The van der Waals surface area contributed by atoms with Crippen molar-refractivity contribution in [1.82, 2.24) is 4.98 Å². The molecule has 0 saturated carbocycles. The Kier molecular flexibility index (Phi) is 2.00. The van der Waals surface area contributed by atoms with Crippen LogP contribution in [0.5, 0.6) is 0 Å². The van der Waals surface area contributed by atoms with Crippen LogP contribution in [0.2, 0.25) is 0 Å². The number of nitrogens with one attached hydrogen (secondary N) is 2. The Bertz CT molecular complexity index is 562. The zero-order valence-electron chi connectivity index (χ0n) is 8.83. The van der Waals surface area contributed by atoms with Crippen LogP contribution in [-0.4, -0.2) is 10.7 Å². The molecule has 0 amide bonds. The number of aromatic nitrogens is 1. The van der Waals surface area contributed by atoms with Crippen molar-refractivity contribution in [2.24, 2.45) is 0 Å². The molecule has 1 aromatic heterocycles. The molecule has 78 valence electrons. The largest absolute Gasteiger partial charge is 0.355 e. The molecule has 0 radical (unpaired) electrons. The number of H-pyrrole nitrogens is 1. The van der Waals surface area contributed by atoms with E-state index in [1.165, 1.54) is 11.1 Å². The zero-order chi connectivity index (χ0) is 11.0. The van der Waals surface area contributed by atoms with E-state index in [0.29, 0.717) is 5.71 Å². The molecule has 0 saturated heterocycles. The second-order valence-corrected chi connectivity index (χ2v) is 4.02. The van der Waals surface area contributed by atoms with Crippen LogP contribution in [0.1, 0.15) is 11.3 Å². The van der Waals surface area contributed by atoms with Crippen molar-refractivity contribution in [1.29, 1.82) is 5.41 Å². The molecule has 3 rings (SSSR count). The van der Waals surface area contributed by atoms with Gasteiger partial charge < -0.3 is 10.4 Å². The van der Waals surface area contributed by atoms with Gasteiger partial charge in [0, 0.05) is 23.5 Å². The summed E-state index contributed by atoms with van der Waals surface area (Å²) in [6.07, 6.45) is 4.57. The van der Waals surface area contributed by atoms with E-state index < -0.39 is 0 Å². The van der Waals surface area contributed by atoms with Gasteiger partial charge in [-0.25, -0.2) is 0 Å². The summed E-state index contributed by atoms with van der Waals surface area (Å²) in [5, 5.41) is 7.63. The lowest BCUT2D eigenvalue weighted by Crippen LogP contribution is -2.02. The quantitative estimate of drug-likeness (QED) is 0.722. The van der Waals surface area contributed by atoms with Crippen molar-refractivity contribution >= 4 is 11.8 Å². The molecule has 2 heteroatoms. The smallest absolute Gasteiger partial charge is 0.0461 e. The second kappa shape index (κ2) is 3.49. The van der Waals surface area contributed by atoms with Gasteiger partial charge in [-0.3, -0.25) is 0 Å². The highest BCUT2D eigenvalue weighted by Crippen LogP contribution is 2.25. The van der Waals surface area contributed by atoms with Gasteiger partial charge in [-0.05, 0) is 29.3 Å². The summed E-state index contributed by atoms with van der Waals surface area (Å²) in [4.78, 5) is 3.39. The second-order valence-electron chi connectivity index (χ2n) is 4.02. The van der Waals surface area contributed by atoms with Crippen molar-refractivity contribution in [3.05, 3.63) is 53.7 Å². The molecule has 0 atom stereocenters. The van der Waals surface area contributed by atoms with Gasteiger partial charge >= 0.3 is 0 Å². The highest BCUT2D eigenvalue weighted by Gasteiger charge is 2.11. The summed E-state index contributed by atoms with van der Waals surface area (Å²) >= 11 is 0. The monoisotopic (exact) mass is 208 g/mol. The van der Waals surface area contributed by atoms with E-state index in [4.69, 9.17) is 5.41 Å². The first-order valence-corrected chi connectivity index (χ1v) is 5.36. The minimum atomic E-state index is 0.672. The van der Waals surface area contributed by atoms with Gasteiger partial charge in [0.15, 0.2) is 0 Å². The average Bonchev–Trinajstić information content (AvgIpc) is 2.73. The van der Waals surface area contributed by atoms with Gasteiger partial charge in [0.2, 0.25) is 0 Å². The van der Waals surface area contributed by atoms with Gasteiger partial charge in [0.05, 0.1) is 0 Å². The Balaban J connectivity index is 2.07. The minimum absolute atomic E-state index is 0.672. The maximum atomic E-state index is 7.63. The van der Waals surface area contributed by atoms with Crippen molar-refractivity contribution < 1.29 is 0 Å². The van der Waals surface area contributed by atoms with Gasteiger partial charge in [0.25, 0.3) is 0 Å². The predicted molar refractivity (Wildman–Crippen MR) is 66.7 cm³/mol. The van der Waals surface area contributed by atoms with Crippen molar-refractivity contribution in [2.75, 3.05) is 0 Å². The number of rotatable bonds is 1.